The third-order valence-electron chi connectivity index (χ3n) is 3.76. The maximum absolute atomic E-state index is 12.2. The van der Waals surface area contributed by atoms with Crippen molar-refractivity contribution in [3.05, 3.63) is 87.7 Å². The van der Waals surface area contributed by atoms with Crippen molar-refractivity contribution >= 4 is 28.3 Å². The van der Waals surface area contributed by atoms with Crippen LogP contribution >= 0.6 is 11.3 Å². The monoisotopic (exact) mass is 363 g/mol. The summed E-state index contributed by atoms with van der Waals surface area (Å²) in [7, 11) is 0. The second kappa shape index (κ2) is 6.93. The van der Waals surface area contributed by atoms with Crippen molar-refractivity contribution in [2.24, 2.45) is 0 Å². The number of fused-ring (bicyclic) bond motifs is 1. The van der Waals surface area contributed by atoms with E-state index in [-0.39, 0.29) is 17.8 Å². The highest BCUT2D eigenvalue weighted by atomic mass is 32.1. The zero-order chi connectivity index (χ0) is 17.9. The number of para-hydroxylation sites is 1. The number of carbonyl (C=O) groups is 1. The van der Waals surface area contributed by atoms with Crippen LogP contribution < -0.4 is 5.43 Å². The van der Waals surface area contributed by atoms with Crippen LogP contribution in [0.25, 0.3) is 21.5 Å². The van der Waals surface area contributed by atoms with E-state index in [4.69, 9.17) is 9.15 Å². The van der Waals surface area contributed by atoms with Gasteiger partial charge in [-0.05, 0) is 12.1 Å². The van der Waals surface area contributed by atoms with Gasteiger partial charge in [-0.1, -0.05) is 42.5 Å². The van der Waals surface area contributed by atoms with Crippen molar-refractivity contribution < 1.29 is 13.9 Å². The van der Waals surface area contributed by atoms with E-state index in [2.05, 4.69) is 4.98 Å². The number of hydrogen-bond acceptors (Lipinski definition) is 6. The number of rotatable bonds is 4. The molecule has 0 fully saturated rings. The molecule has 2 aromatic carbocycles. The van der Waals surface area contributed by atoms with Crippen LogP contribution in [0, 0.1) is 0 Å². The normalized spacial score (nSPS) is 10.8. The third-order valence-corrected chi connectivity index (χ3v) is 4.70. The van der Waals surface area contributed by atoms with Gasteiger partial charge in [0.2, 0.25) is 5.76 Å². The molecule has 0 bridgehead atoms. The van der Waals surface area contributed by atoms with Gasteiger partial charge in [0, 0.05) is 17.0 Å². The third kappa shape index (κ3) is 3.27. The Bertz CT molecular complexity index is 1130. The second-order valence-electron chi connectivity index (χ2n) is 5.56. The van der Waals surface area contributed by atoms with Crippen LogP contribution in [0.3, 0.4) is 0 Å². The molecular formula is C20H13NO4S. The van der Waals surface area contributed by atoms with E-state index in [9.17, 15) is 9.59 Å². The summed E-state index contributed by atoms with van der Waals surface area (Å²) >= 11 is 1.48. The lowest BCUT2D eigenvalue weighted by Crippen LogP contribution is -2.10. The lowest BCUT2D eigenvalue weighted by atomic mass is 10.2. The molecule has 0 aliphatic rings. The highest BCUT2D eigenvalue weighted by Crippen LogP contribution is 2.23. The van der Waals surface area contributed by atoms with Gasteiger partial charge in [-0.15, -0.1) is 11.3 Å². The molecule has 2 aromatic heterocycles. The molecule has 0 aliphatic heterocycles. The Balaban J connectivity index is 1.49. The summed E-state index contributed by atoms with van der Waals surface area (Å²) < 4.78 is 10.7. The SMILES string of the molecule is O=C(OCc1csc(-c2ccccc2)n1)c1cc(=O)c2ccccc2o1. The van der Waals surface area contributed by atoms with Crippen LogP contribution in [-0.2, 0) is 11.3 Å². The summed E-state index contributed by atoms with van der Waals surface area (Å²) in [4.78, 5) is 28.7. The summed E-state index contributed by atoms with van der Waals surface area (Å²) in [6.45, 7) is 0.0126. The fraction of sp³-hybridized carbons (Fsp3) is 0.0500. The minimum absolute atomic E-state index is 0.0126. The molecule has 4 rings (SSSR count). The Labute approximate surface area is 152 Å². The van der Waals surface area contributed by atoms with Gasteiger partial charge in [-0.25, -0.2) is 9.78 Å². The summed E-state index contributed by atoms with van der Waals surface area (Å²) in [5.41, 5.74) is 1.73. The minimum atomic E-state index is -0.692. The van der Waals surface area contributed by atoms with Gasteiger partial charge >= 0.3 is 5.97 Å². The van der Waals surface area contributed by atoms with Gasteiger partial charge in [-0.2, -0.15) is 0 Å². The molecular weight excluding hydrogens is 350 g/mol. The van der Waals surface area contributed by atoms with Gasteiger partial charge in [0.1, 0.15) is 17.2 Å². The average molecular weight is 363 g/mol. The smallest absolute Gasteiger partial charge is 0.374 e. The fourth-order valence-corrected chi connectivity index (χ4v) is 3.31. The van der Waals surface area contributed by atoms with E-state index >= 15 is 0 Å². The van der Waals surface area contributed by atoms with Crippen LogP contribution in [0.1, 0.15) is 16.2 Å². The van der Waals surface area contributed by atoms with Gasteiger partial charge in [0.15, 0.2) is 5.43 Å². The lowest BCUT2D eigenvalue weighted by molar-refractivity contribution is 0.0432. The highest BCUT2D eigenvalue weighted by molar-refractivity contribution is 7.13. The number of nitrogens with zero attached hydrogens (tertiary/aromatic N) is 1. The van der Waals surface area contributed by atoms with Gasteiger partial charge in [0.25, 0.3) is 0 Å². The number of carbonyl (C=O) groups excluding carboxylic acids is 1. The molecule has 0 unspecified atom stereocenters. The number of thiazole rings is 1. The molecule has 4 aromatic rings. The van der Waals surface area contributed by atoms with E-state index < -0.39 is 5.97 Å². The molecule has 0 saturated heterocycles. The first-order valence-electron chi connectivity index (χ1n) is 7.90. The van der Waals surface area contributed by atoms with E-state index in [1.54, 1.807) is 24.3 Å². The van der Waals surface area contributed by atoms with E-state index in [0.29, 0.717) is 16.7 Å². The molecule has 6 heteroatoms. The summed E-state index contributed by atoms with van der Waals surface area (Å²) in [6, 6.07) is 17.7. The Morgan fingerprint density at radius 1 is 1.08 bits per heavy atom. The number of ether oxygens (including phenoxy) is 1. The summed E-state index contributed by atoms with van der Waals surface area (Å²) in [5.74, 6) is -0.811. The number of benzene rings is 2. The van der Waals surface area contributed by atoms with Crippen molar-refractivity contribution in [1.82, 2.24) is 4.98 Å². The fourth-order valence-electron chi connectivity index (χ4n) is 2.50. The first-order valence-corrected chi connectivity index (χ1v) is 8.78. The topological polar surface area (TPSA) is 69.4 Å². The van der Waals surface area contributed by atoms with Crippen molar-refractivity contribution in [3.8, 4) is 10.6 Å². The molecule has 0 saturated carbocycles. The largest absolute Gasteiger partial charge is 0.453 e. The number of aromatic nitrogens is 1. The Morgan fingerprint density at radius 3 is 2.69 bits per heavy atom. The molecule has 2 heterocycles. The maximum atomic E-state index is 12.2. The van der Waals surface area contributed by atoms with Gasteiger partial charge in [-0.3, -0.25) is 4.79 Å². The quantitative estimate of drug-likeness (QED) is 0.506. The zero-order valence-corrected chi connectivity index (χ0v) is 14.4. The van der Waals surface area contributed by atoms with Crippen LogP contribution in [-0.4, -0.2) is 11.0 Å². The lowest BCUT2D eigenvalue weighted by Gasteiger charge is -2.03. The molecule has 0 N–H and O–H groups in total. The van der Waals surface area contributed by atoms with Crippen molar-refractivity contribution in [3.63, 3.8) is 0 Å². The summed E-state index contributed by atoms with van der Waals surface area (Å²) in [5, 5.41) is 3.12. The van der Waals surface area contributed by atoms with Gasteiger partial charge < -0.3 is 9.15 Å². The van der Waals surface area contributed by atoms with E-state index in [1.807, 2.05) is 35.7 Å². The van der Waals surface area contributed by atoms with Crippen molar-refractivity contribution in [1.29, 1.82) is 0 Å². The highest BCUT2D eigenvalue weighted by Gasteiger charge is 2.15. The second-order valence-corrected chi connectivity index (χ2v) is 6.42. The molecule has 128 valence electrons. The average Bonchev–Trinajstić information content (AvgIpc) is 3.16. The molecule has 5 nitrogen and oxygen atoms in total. The first-order chi connectivity index (χ1) is 12.7. The Hall–Kier alpha value is -3.25. The predicted molar refractivity (Wildman–Crippen MR) is 99.2 cm³/mol. The Morgan fingerprint density at radius 2 is 1.85 bits per heavy atom. The van der Waals surface area contributed by atoms with E-state index in [0.717, 1.165) is 16.6 Å². The molecule has 0 radical (unpaired) electrons. The minimum Gasteiger partial charge on any atom is -0.453 e. The summed E-state index contributed by atoms with van der Waals surface area (Å²) in [6.07, 6.45) is 0. The van der Waals surface area contributed by atoms with E-state index in [1.165, 1.54) is 11.3 Å². The molecule has 0 aliphatic carbocycles. The molecule has 26 heavy (non-hydrogen) atoms. The van der Waals surface area contributed by atoms with Crippen LogP contribution in [0.5, 0.6) is 0 Å². The van der Waals surface area contributed by atoms with Crippen molar-refractivity contribution in [2.75, 3.05) is 0 Å². The predicted octanol–water partition coefficient (Wildman–Crippen LogP) is 4.27. The molecule has 0 spiro atoms. The van der Waals surface area contributed by atoms with Gasteiger partial charge in [0.05, 0.1) is 11.1 Å². The first kappa shape index (κ1) is 16.2. The van der Waals surface area contributed by atoms with Crippen LogP contribution in [0.4, 0.5) is 0 Å². The van der Waals surface area contributed by atoms with Crippen molar-refractivity contribution in [2.45, 2.75) is 6.61 Å². The number of hydrogen-bond donors (Lipinski definition) is 0. The molecule has 0 atom stereocenters. The zero-order valence-electron chi connectivity index (χ0n) is 13.5. The molecule has 0 amide bonds. The Kier molecular flexibility index (Phi) is 4.33. The maximum Gasteiger partial charge on any atom is 0.374 e. The van der Waals surface area contributed by atoms with Crippen LogP contribution in [0.15, 0.2) is 75.3 Å². The number of esters is 1. The standard InChI is InChI=1S/C20H13NO4S/c22-16-10-18(25-17-9-5-4-8-15(16)17)20(23)24-11-14-12-26-19(21-14)13-6-2-1-3-7-13/h1-10,12H,11H2. The van der Waals surface area contributed by atoms with Crippen LogP contribution in [0.2, 0.25) is 0 Å².